The first-order valence-electron chi connectivity index (χ1n) is 10.4. The Balaban J connectivity index is 1.89. The second-order valence-electron chi connectivity index (χ2n) is 8.83. The molecule has 2 aromatic carbocycles. The second kappa shape index (κ2) is 7.47. The van der Waals surface area contributed by atoms with E-state index in [-0.39, 0.29) is 5.41 Å². The lowest BCUT2D eigenvalue weighted by Gasteiger charge is -2.22. The zero-order chi connectivity index (χ0) is 21.6. The molecular weight excluding hydrogens is 400 g/mol. The van der Waals surface area contributed by atoms with Gasteiger partial charge in [-0.15, -0.1) is 11.3 Å². The van der Waals surface area contributed by atoms with Crippen LogP contribution in [0.1, 0.15) is 32.1 Å². The maximum Gasteiger partial charge on any atom is 0.128 e. The molecule has 31 heavy (non-hydrogen) atoms. The summed E-state index contributed by atoms with van der Waals surface area (Å²) in [6.45, 7) is 8.73. The van der Waals surface area contributed by atoms with Gasteiger partial charge in [-0.05, 0) is 59.0 Å². The van der Waals surface area contributed by atoms with Gasteiger partial charge >= 0.3 is 0 Å². The van der Waals surface area contributed by atoms with Crippen LogP contribution in [0.2, 0.25) is 0 Å². The van der Waals surface area contributed by atoms with Crippen LogP contribution in [0.15, 0.2) is 77.7 Å². The molecule has 0 aliphatic carbocycles. The summed E-state index contributed by atoms with van der Waals surface area (Å²) in [5.41, 5.74) is 3.41. The highest BCUT2D eigenvalue weighted by Gasteiger charge is 2.20. The van der Waals surface area contributed by atoms with Crippen LogP contribution in [0.4, 0.5) is 0 Å². The maximum atomic E-state index is 5.70. The summed E-state index contributed by atoms with van der Waals surface area (Å²) in [5, 5.41) is 4.69. The Morgan fingerprint density at radius 1 is 0.871 bits per heavy atom. The van der Waals surface area contributed by atoms with Gasteiger partial charge in [-0.1, -0.05) is 51.1 Å². The lowest BCUT2D eigenvalue weighted by molar-refractivity contribution is 0.521. The Morgan fingerprint density at radius 3 is 2.55 bits per heavy atom. The molecule has 0 saturated heterocycles. The van der Waals surface area contributed by atoms with Gasteiger partial charge in [0.1, 0.15) is 16.9 Å². The molecule has 0 radical (unpaired) electrons. The minimum Gasteiger partial charge on any atom is -0.470 e. The maximum absolute atomic E-state index is 5.70. The predicted octanol–water partition coefficient (Wildman–Crippen LogP) is 7.99. The predicted molar refractivity (Wildman–Crippen MR) is 131 cm³/mol. The molecule has 0 aliphatic heterocycles. The van der Waals surface area contributed by atoms with E-state index in [9.17, 15) is 0 Å². The molecule has 3 nitrogen and oxygen atoms in total. The van der Waals surface area contributed by atoms with Gasteiger partial charge in [-0.2, -0.15) is 0 Å². The molecule has 5 aromatic rings. The van der Waals surface area contributed by atoms with Gasteiger partial charge in [0, 0.05) is 21.0 Å². The van der Waals surface area contributed by atoms with Gasteiger partial charge in [0.25, 0.3) is 0 Å². The minimum absolute atomic E-state index is 0.0167. The smallest absolute Gasteiger partial charge is 0.128 e. The normalized spacial score (nSPS) is 11.9. The molecule has 0 amide bonds. The minimum atomic E-state index is 0.0167. The molecule has 0 fully saturated rings. The van der Waals surface area contributed by atoms with Gasteiger partial charge in [0.05, 0.1) is 12.0 Å². The zero-order valence-corrected chi connectivity index (χ0v) is 19.0. The van der Waals surface area contributed by atoms with Crippen LogP contribution >= 0.6 is 11.3 Å². The summed E-state index contributed by atoms with van der Waals surface area (Å²) < 4.78 is 6.85. The summed E-state index contributed by atoms with van der Waals surface area (Å²) in [6.07, 6.45) is 3.43. The van der Waals surface area contributed by atoms with E-state index in [0.29, 0.717) is 0 Å². The molecule has 0 unspecified atom stereocenters. The van der Waals surface area contributed by atoms with Crippen LogP contribution in [0.5, 0.6) is 0 Å². The third-order valence-electron chi connectivity index (χ3n) is 5.56. The van der Waals surface area contributed by atoms with Gasteiger partial charge in [-0.25, -0.2) is 9.97 Å². The van der Waals surface area contributed by atoms with E-state index in [1.807, 2.05) is 25.1 Å². The molecule has 0 atom stereocenters. The van der Waals surface area contributed by atoms with Crippen LogP contribution in [0.3, 0.4) is 0 Å². The highest BCUT2D eigenvalue weighted by molar-refractivity contribution is 7.25. The van der Waals surface area contributed by atoms with Crippen molar-refractivity contribution in [3.63, 3.8) is 0 Å². The molecule has 4 heteroatoms. The summed E-state index contributed by atoms with van der Waals surface area (Å²) in [4.78, 5) is 10.3. The molecule has 0 bridgehead atoms. The highest BCUT2D eigenvalue weighted by atomic mass is 32.1. The lowest BCUT2D eigenvalue weighted by Crippen LogP contribution is -2.12. The SMILES string of the molecule is Cc1cccc2sc3ncnc(-c4cc(C(C)(C)C)c5ccccc5c4)c3c2cco1. The van der Waals surface area contributed by atoms with Crippen LogP contribution in [0, 0.1) is 6.92 Å². The summed E-state index contributed by atoms with van der Waals surface area (Å²) in [5.74, 6) is 0.854. The average Bonchev–Trinajstić information content (AvgIpc) is 3.12. The van der Waals surface area contributed by atoms with E-state index < -0.39 is 0 Å². The molecule has 0 N–H and O–H groups in total. The highest BCUT2D eigenvalue weighted by Crippen LogP contribution is 2.40. The monoisotopic (exact) mass is 424 g/mol. The molecule has 3 heterocycles. The van der Waals surface area contributed by atoms with E-state index in [1.54, 1.807) is 23.9 Å². The fourth-order valence-corrected chi connectivity index (χ4v) is 5.11. The number of rotatable bonds is 1. The molecule has 3 aromatic heterocycles. The summed E-state index contributed by atoms with van der Waals surface area (Å²) in [7, 11) is 0. The topological polar surface area (TPSA) is 38.9 Å². The Hall–Kier alpha value is -3.24. The van der Waals surface area contributed by atoms with E-state index in [1.165, 1.54) is 16.3 Å². The van der Waals surface area contributed by atoms with Crippen LogP contribution in [0.25, 0.3) is 42.3 Å². The summed E-state index contributed by atoms with van der Waals surface area (Å²) >= 11 is 1.68. The van der Waals surface area contributed by atoms with E-state index in [0.717, 1.165) is 37.3 Å². The number of fused-ring (bicyclic) bond motifs is 4. The fraction of sp³-hybridized carbons (Fsp3) is 0.185. The van der Waals surface area contributed by atoms with E-state index in [4.69, 9.17) is 9.40 Å². The van der Waals surface area contributed by atoms with Crippen LogP contribution in [-0.2, 0) is 5.41 Å². The third-order valence-corrected chi connectivity index (χ3v) is 6.64. The van der Waals surface area contributed by atoms with E-state index >= 15 is 0 Å². The van der Waals surface area contributed by atoms with Gasteiger partial charge < -0.3 is 4.42 Å². The Labute approximate surface area is 185 Å². The second-order valence-corrected chi connectivity index (χ2v) is 9.87. The number of aromatic nitrogens is 2. The van der Waals surface area contributed by atoms with E-state index in [2.05, 4.69) is 68.2 Å². The van der Waals surface area contributed by atoms with Crippen molar-refractivity contribution < 1.29 is 4.42 Å². The van der Waals surface area contributed by atoms with Crippen LogP contribution in [-0.4, -0.2) is 9.97 Å². The van der Waals surface area contributed by atoms with Crippen molar-refractivity contribution in [2.45, 2.75) is 33.1 Å². The van der Waals surface area contributed by atoms with Gasteiger partial charge in [0.2, 0.25) is 0 Å². The first-order chi connectivity index (χ1) is 14.9. The van der Waals surface area contributed by atoms with Gasteiger partial charge in [-0.3, -0.25) is 0 Å². The molecule has 0 spiro atoms. The van der Waals surface area contributed by atoms with Crippen molar-refractivity contribution in [1.29, 1.82) is 0 Å². The zero-order valence-electron chi connectivity index (χ0n) is 18.1. The molecule has 0 saturated carbocycles. The van der Waals surface area contributed by atoms with Crippen molar-refractivity contribution in [1.82, 2.24) is 9.97 Å². The van der Waals surface area contributed by atoms with Crippen molar-refractivity contribution in [3.8, 4) is 11.3 Å². The number of thiophene rings is 1. The van der Waals surface area contributed by atoms with Gasteiger partial charge in [0.15, 0.2) is 0 Å². The van der Waals surface area contributed by atoms with Crippen molar-refractivity contribution in [2.75, 3.05) is 0 Å². The number of hydrogen-bond acceptors (Lipinski definition) is 4. The first kappa shape index (κ1) is 19.7. The van der Waals surface area contributed by atoms with Crippen LogP contribution < -0.4 is 0 Å². The first-order valence-corrected chi connectivity index (χ1v) is 11.2. The molecule has 154 valence electrons. The standard InChI is InChI=1S/C27H24N2OS/c1-17-8-7-11-23-21(12-13-30-17)24-25(28-16-29-26(24)31-23)19-14-18-9-5-6-10-20(18)22(15-19)27(2,3)4/h5-16H,1-4H3. The van der Waals surface area contributed by atoms with Crippen molar-refractivity contribution in [3.05, 3.63) is 84.6 Å². The number of hydrogen-bond donors (Lipinski definition) is 0. The number of benzene rings is 2. The number of nitrogens with zero attached hydrogens (tertiary/aromatic N) is 2. The lowest BCUT2D eigenvalue weighted by atomic mass is 9.82. The molecular formula is C27H24N2OS. The average molecular weight is 425 g/mol. The van der Waals surface area contributed by atoms with Crippen molar-refractivity contribution in [2.24, 2.45) is 0 Å². The Kier molecular flexibility index (Phi) is 4.75. The molecule has 0 aliphatic rings. The Morgan fingerprint density at radius 2 is 1.71 bits per heavy atom. The third kappa shape index (κ3) is 3.57. The quantitative estimate of drug-likeness (QED) is 0.274. The Bertz CT molecular complexity index is 1490. The fourth-order valence-electron chi connectivity index (χ4n) is 4.07. The summed E-state index contributed by atoms with van der Waals surface area (Å²) in [6, 6.07) is 21.3. The number of aryl methyl sites for hydroxylation is 1. The van der Waals surface area contributed by atoms with Crippen molar-refractivity contribution >= 4 is 42.4 Å². The molecule has 5 rings (SSSR count). The largest absolute Gasteiger partial charge is 0.470 e.